The molecule has 1 N–H and O–H groups in total. The van der Waals surface area contributed by atoms with Crippen LogP contribution >= 0.6 is 0 Å². The van der Waals surface area contributed by atoms with Gasteiger partial charge in [0.1, 0.15) is 12.4 Å². The molecule has 0 saturated heterocycles. The van der Waals surface area contributed by atoms with Gasteiger partial charge in [0, 0.05) is 18.2 Å². The zero-order valence-electron chi connectivity index (χ0n) is 10.6. The van der Waals surface area contributed by atoms with E-state index in [0.717, 1.165) is 10.9 Å². The van der Waals surface area contributed by atoms with Crippen LogP contribution in [0.15, 0.2) is 36.5 Å². The minimum Gasteiger partial charge on any atom is -0.490 e. The predicted octanol–water partition coefficient (Wildman–Crippen LogP) is 2.10. The third kappa shape index (κ3) is 3.20. The second kappa shape index (κ2) is 6.15. The lowest BCUT2D eigenvalue weighted by atomic mass is 10.2. The number of ether oxygens (including phenoxy) is 2. The van der Waals surface area contributed by atoms with Crippen molar-refractivity contribution in [1.82, 2.24) is 4.98 Å². The van der Waals surface area contributed by atoms with Crippen LogP contribution < -0.4 is 4.74 Å². The molecular formula is C14H15NO4. The molecule has 1 unspecified atom stereocenters. The van der Waals surface area contributed by atoms with E-state index in [4.69, 9.17) is 14.6 Å². The molecule has 19 heavy (non-hydrogen) atoms. The van der Waals surface area contributed by atoms with Crippen LogP contribution in [0.5, 0.6) is 5.75 Å². The van der Waals surface area contributed by atoms with E-state index in [0.29, 0.717) is 12.4 Å². The van der Waals surface area contributed by atoms with Crippen LogP contribution in [0.2, 0.25) is 0 Å². The summed E-state index contributed by atoms with van der Waals surface area (Å²) in [7, 11) is 0. The molecule has 0 fully saturated rings. The monoisotopic (exact) mass is 261 g/mol. The number of nitrogens with zero attached hydrogens (tertiary/aromatic N) is 1. The number of benzene rings is 1. The number of carboxylic acids is 1. The van der Waals surface area contributed by atoms with Crippen molar-refractivity contribution in [2.45, 2.75) is 13.0 Å². The van der Waals surface area contributed by atoms with Gasteiger partial charge in [0.25, 0.3) is 0 Å². The van der Waals surface area contributed by atoms with Crippen molar-refractivity contribution in [1.29, 1.82) is 0 Å². The van der Waals surface area contributed by atoms with Crippen molar-refractivity contribution in [3.63, 3.8) is 0 Å². The Hall–Kier alpha value is -2.14. The smallest absolute Gasteiger partial charge is 0.336 e. The molecule has 0 aliphatic rings. The number of aliphatic carboxylic acids is 1. The predicted molar refractivity (Wildman–Crippen MR) is 70.3 cm³/mol. The van der Waals surface area contributed by atoms with Crippen LogP contribution in [0.3, 0.4) is 0 Å². The summed E-state index contributed by atoms with van der Waals surface area (Å²) >= 11 is 0. The number of carbonyl (C=O) groups is 1. The summed E-state index contributed by atoms with van der Waals surface area (Å²) in [6, 6.07) is 9.18. The van der Waals surface area contributed by atoms with Crippen LogP contribution in [0.4, 0.5) is 0 Å². The fourth-order valence-electron chi connectivity index (χ4n) is 1.76. The molecule has 0 aliphatic carbocycles. The Morgan fingerprint density at radius 2 is 2.21 bits per heavy atom. The third-order valence-electron chi connectivity index (χ3n) is 2.64. The molecule has 0 saturated carbocycles. The zero-order valence-corrected chi connectivity index (χ0v) is 10.6. The van der Waals surface area contributed by atoms with E-state index in [2.05, 4.69) is 4.98 Å². The molecule has 1 aromatic heterocycles. The average Bonchev–Trinajstić information content (AvgIpc) is 2.43. The molecular weight excluding hydrogens is 246 g/mol. The van der Waals surface area contributed by atoms with E-state index in [9.17, 15) is 4.79 Å². The Morgan fingerprint density at radius 3 is 2.95 bits per heavy atom. The number of fused-ring (bicyclic) bond motifs is 1. The van der Waals surface area contributed by atoms with Crippen molar-refractivity contribution < 1.29 is 19.4 Å². The molecule has 1 aromatic carbocycles. The molecule has 0 radical (unpaired) electrons. The normalized spacial score (nSPS) is 12.3. The molecule has 100 valence electrons. The van der Waals surface area contributed by atoms with Gasteiger partial charge >= 0.3 is 5.97 Å². The van der Waals surface area contributed by atoms with Crippen molar-refractivity contribution in [3.05, 3.63) is 36.5 Å². The van der Waals surface area contributed by atoms with E-state index in [1.54, 1.807) is 19.2 Å². The summed E-state index contributed by atoms with van der Waals surface area (Å²) in [6.07, 6.45) is 0.740. The van der Waals surface area contributed by atoms with Gasteiger partial charge in [-0.15, -0.1) is 0 Å². The maximum atomic E-state index is 11.0. The van der Waals surface area contributed by atoms with E-state index >= 15 is 0 Å². The van der Waals surface area contributed by atoms with Crippen molar-refractivity contribution in [3.8, 4) is 5.75 Å². The molecule has 0 amide bonds. The van der Waals surface area contributed by atoms with Crippen molar-refractivity contribution in [2.24, 2.45) is 0 Å². The Bertz CT molecular complexity index is 565. The summed E-state index contributed by atoms with van der Waals surface area (Å²) in [5.74, 6) is -0.420. The van der Waals surface area contributed by atoms with Crippen molar-refractivity contribution in [2.75, 3.05) is 13.2 Å². The van der Waals surface area contributed by atoms with Gasteiger partial charge in [0.05, 0.1) is 5.52 Å². The first-order valence-electron chi connectivity index (χ1n) is 6.03. The van der Waals surface area contributed by atoms with Crippen LogP contribution in [-0.2, 0) is 9.53 Å². The Morgan fingerprint density at radius 1 is 1.37 bits per heavy atom. The van der Waals surface area contributed by atoms with Gasteiger partial charge in [0.15, 0.2) is 6.10 Å². The first-order chi connectivity index (χ1) is 9.22. The zero-order chi connectivity index (χ0) is 13.7. The minimum absolute atomic E-state index is 0.0306. The van der Waals surface area contributed by atoms with Crippen LogP contribution in [0, 0.1) is 0 Å². The molecule has 0 spiro atoms. The van der Waals surface area contributed by atoms with E-state index in [1.807, 2.05) is 24.3 Å². The lowest BCUT2D eigenvalue weighted by Gasteiger charge is -2.14. The van der Waals surface area contributed by atoms with E-state index in [1.165, 1.54) is 0 Å². The van der Waals surface area contributed by atoms with Gasteiger partial charge in [-0.1, -0.05) is 6.07 Å². The number of pyridine rings is 1. The quantitative estimate of drug-likeness (QED) is 0.862. The summed E-state index contributed by atoms with van der Waals surface area (Å²) in [5, 5.41) is 9.83. The first kappa shape index (κ1) is 13.3. The standard InChI is InChI=1S/C14H15NO4/c1-2-18-13(14(16)17)9-19-12-7-3-6-11-10(12)5-4-8-15-11/h3-8,13H,2,9H2,1H3,(H,16,17). The van der Waals surface area contributed by atoms with Gasteiger partial charge in [0.2, 0.25) is 0 Å². The largest absolute Gasteiger partial charge is 0.490 e. The molecule has 1 heterocycles. The van der Waals surface area contributed by atoms with Crippen LogP contribution in [-0.4, -0.2) is 35.4 Å². The highest BCUT2D eigenvalue weighted by atomic mass is 16.5. The summed E-state index contributed by atoms with van der Waals surface area (Å²) in [6.45, 7) is 2.05. The Labute approximate surface area is 110 Å². The fourth-order valence-corrected chi connectivity index (χ4v) is 1.76. The SMILES string of the molecule is CCOC(COc1cccc2ncccc12)C(=O)O. The number of hydrogen-bond donors (Lipinski definition) is 1. The van der Waals surface area contributed by atoms with Crippen molar-refractivity contribution >= 4 is 16.9 Å². The molecule has 5 nitrogen and oxygen atoms in total. The second-order valence-electron chi connectivity index (χ2n) is 3.92. The summed E-state index contributed by atoms with van der Waals surface area (Å²) < 4.78 is 10.6. The second-order valence-corrected chi connectivity index (χ2v) is 3.92. The number of hydrogen-bond acceptors (Lipinski definition) is 4. The topological polar surface area (TPSA) is 68.7 Å². The number of aromatic nitrogens is 1. The highest BCUT2D eigenvalue weighted by molar-refractivity contribution is 5.84. The maximum Gasteiger partial charge on any atom is 0.336 e. The molecule has 0 bridgehead atoms. The molecule has 2 rings (SSSR count). The molecule has 1 atom stereocenters. The Kier molecular flexibility index (Phi) is 4.30. The van der Waals surface area contributed by atoms with E-state index in [-0.39, 0.29) is 6.61 Å². The number of carboxylic acid groups (broad SMARTS) is 1. The van der Waals surface area contributed by atoms with Gasteiger partial charge in [-0.3, -0.25) is 4.98 Å². The van der Waals surface area contributed by atoms with E-state index < -0.39 is 12.1 Å². The molecule has 0 aliphatic heterocycles. The summed E-state index contributed by atoms with van der Waals surface area (Å²) in [4.78, 5) is 15.2. The van der Waals surface area contributed by atoms with Gasteiger partial charge in [-0.2, -0.15) is 0 Å². The fraction of sp³-hybridized carbons (Fsp3) is 0.286. The third-order valence-corrected chi connectivity index (χ3v) is 2.64. The maximum absolute atomic E-state index is 11.0. The average molecular weight is 261 g/mol. The summed E-state index contributed by atoms with van der Waals surface area (Å²) in [5.41, 5.74) is 0.809. The lowest BCUT2D eigenvalue weighted by Crippen LogP contribution is -2.30. The highest BCUT2D eigenvalue weighted by Gasteiger charge is 2.18. The molecule has 5 heteroatoms. The number of rotatable bonds is 6. The first-order valence-corrected chi connectivity index (χ1v) is 6.03. The van der Waals surface area contributed by atoms with Gasteiger partial charge in [-0.25, -0.2) is 4.79 Å². The molecule has 2 aromatic rings. The minimum atomic E-state index is -1.03. The van der Waals surface area contributed by atoms with Crippen LogP contribution in [0.1, 0.15) is 6.92 Å². The Balaban J connectivity index is 2.15. The van der Waals surface area contributed by atoms with Gasteiger partial charge < -0.3 is 14.6 Å². The highest BCUT2D eigenvalue weighted by Crippen LogP contribution is 2.23. The lowest BCUT2D eigenvalue weighted by molar-refractivity contribution is -0.151. The van der Waals surface area contributed by atoms with Crippen LogP contribution in [0.25, 0.3) is 10.9 Å². The van der Waals surface area contributed by atoms with Gasteiger partial charge in [-0.05, 0) is 31.2 Å².